The van der Waals surface area contributed by atoms with Crippen LogP contribution in [0, 0.1) is 11.8 Å². The topological polar surface area (TPSA) is 99.6 Å². The van der Waals surface area contributed by atoms with Crippen LogP contribution in [0.3, 0.4) is 0 Å². The first-order valence-corrected chi connectivity index (χ1v) is 15.1. The predicted octanol–water partition coefficient (Wildman–Crippen LogP) is 3.33. The van der Waals surface area contributed by atoms with E-state index >= 15 is 0 Å². The second kappa shape index (κ2) is 11.6. The number of aliphatic hydroxyl groups is 1. The number of aliphatic hydroxyl groups excluding tert-OH is 1. The van der Waals surface area contributed by atoms with Crippen molar-refractivity contribution in [3.63, 3.8) is 0 Å². The number of hydrogen-bond donors (Lipinski definition) is 1. The average molecular weight is 586 g/mol. The van der Waals surface area contributed by atoms with Crippen LogP contribution in [-0.2, 0) is 25.7 Å². The van der Waals surface area contributed by atoms with Gasteiger partial charge in [-0.25, -0.2) is 0 Å². The molecule has 0 bridgehead atoms. The van der Waals surface area contributed by atoms with E-state index in [2.05, 4.69) is 0 Å². The zero-order valence-corrected chi connectivity index (χ0v) is 24.7. The van der Waals surface area contributed by atoms with Gasteiger partial charge in [0.1, 0.15) is 17.4 Å². The molecule has 4 heterocycles. The van der Waals surface area contributed by atoms with Gasteiger partial charge in [-0.1, -0.05) is 61.6 Å². The molecule has 9 heteroatoms. The molecular weight excluding hydrogens is 546 g/mol. The molecule has 43 heavy (non-hydrogen) atoms. The molecule has 5 atom stereocenters. The molecule has 4 aliphatic heterocycles. The summed E-state index contributed by atoms with van der Waals surface area (Å²) in [5.74, 6) is -1.62. The van der Waals surface area contributed by atoms with Crippen molar-refractivity contribution >= 4 is 23.4 Å². The molecular formula is C34H39N3O6. The third-order valence-corrected chi connectivity index (χ3v) is 9.43. The number of benzene rings is 2. The molecule has 0 aliphatic carbocycles. The number of anilines is 1. The molecule has 4 aliphatic rings. The van der Waals surface area contributed by atoms with Gasteiger partial charge in [-0.15, -0.1) is 0 Å². The van der Waals surface area contributed by atoms with Gasteiger partial charge in [0.2, 0.25) is 11.8 Å². The Kier molecular flexibility index (Phi) is 7.87. The number of methoxy groups -OCH3 is 1. The lowest BCUT2D eigenvalue weighted by Crippen LogP contribution is -2.56. The maximum Gasteiger partial charge on any atom is 0.253 e. The van der Waals surface area contributed by atoms with Crippen molar-refractivity contribution in [3.05, 3.63) is 84.5 Å². The van der Waals surface area contributed by atoms with Crippen LogP contribution in [0.4, 0.5) is 5.69 Å². The zero-order valence-electron chi connectivity index (χ0n) is 24.7. The number of likely N-dealkylation sites (tertiary alicyclic amines) is 1. The van der Waals surface area contributed by atoms with Gasteiger partial charge in [0, 0.05) is 38.5 Å². The van der Waals surface area contributed by atoms with E-state index in [-0.39, 0.29) is 30.9 Å². The molecule has 2 fully saturated rings. The number of unbranched alkanes of at least 4 members (excludes halogenated alkanes) is 1. The summed E-state index contributed by atoms with van der Waals surface area (Å²) in [5.41, 5.74) is -0.660. The Hall–Kier alpha value is -3.95. The van der Waals surface area contributed by atoms with Crippen LogP contribution in [0.2, 0.25) is 0 Å². The van der Waals surface area contributed by atoms with Gasteiger partial charge in [-0.05, 0) is 49.1 Å². The molecule has 1 unspecified atom stereocenters. The van der Waals surface area contributed by atoms with E-state index in [1.165, 1.54) is 0 Å². The van der Waals surface area contributed by atoms with E-state index < -0.39 is 29.1 Å². The summed E-state index contributed by atoms with van der Waals surface area (Å²) >= 11 is 0. The van der Waals surface area contributed by atoms with Crippen molar-refractivity contribution in [2.75, 3.05) is 38.3 Å². The van der Waals surface area contributed by atoms with Crippen LogP contribution in [0.1, 0.15) is 31.7 Å². The van der Waals surface area contributed by atoms with E-state index in [0.29, 0.717) is 50.3 Å². The summed E-state index contributed by atoms with van der Waals surface area (Å²) in [6.07, 6.45) is 9.19. The van der Waals surface area contributed by atoms with Gasteiger partial charge in [0.25, 0.3) is 5.91 Å². The molecule has 6 rings (SSSR count). The first kappa shape index (κ1) is 29.1. The Morgan fingerprint density at radius 2 is 1.65 bits per heavy atom. The minimum atomic E-state index is -1.31. The molecule has 2 aromatic carbocycles. The van der Waals surface area contributed by atoms with Crippen LogP contribution in [0.25, 0.3) is 0 Å². The second-order valence-electron chi connectivity index (χ2n) is 11.7. The van der Waals surface area contributed by atoms with Gasteiger partial charge in [0.15, 0.2) is 0 Å². The first-order chi connectivity index (χ1) is 20.9. The number of rotatable bonds is 9. The minimum Gasteiger partial charge on any atom is -0.497 e. The van der Waals surface area contributed by atoms with E-state index in [1.807, 2.05) is 73.7 Å². The minimum absolute atomic E-state index is 0.0110. The van der Waals surface area contributed by atoms with Crippen LogP contribution in [0.15, 0.2) is 78.9 Å². The normalized spacial score (nSPS) is 29.8. The fourth-order valence-electron chi connectivity index (χ4n) is 7.38. The van der Waals surface area contributed by atoms with Crippen molar-refractivity contribution in [1.29, 1.82) is 0 Å². The molecule has 3 amide bonds. The molecule has 2 aromatic rings. The Morgan fingerprint density at radius 1 is 0.907 bits per heavy atom. The van der Waals surface area contributed by atoms with E-state index in [1.54, 1.807) is 33.9 Å². The van der Waals surface area contributed by atoms with Gasteiger partial charge in [0.05, 0.1) is 24.5 Å². The summed E-state index contributed by atoms with van der Waals surface area (Å²) in [5, 5.41) is 9.48. The highest BCUT2D eigenvalue weighted by atomic mass is 16.5. The first-order valence-electron chi connectivity index (χ1n) is 15.1. The quantitative estimate of drug-likeness (QED) is 0.358. The smallest absolute Gasteiger partial charge is 0.253 e. The van der Waals surface area contributed by atoms with E-state index in [4.69, 9.17) is 9.47 Å². The largest absolute Gasteiger partial charge is 0.497 e. The molecule has 226 valence electrons. The van der Waals surface area contributed by atoms with Gasteiger partial charge in [-0.3, -0.25) is 14.4 Å². The number of fused-ring (bicyclic) bond motifs is 2. The molecule has 0 aromatic heterocycles. The Bertz CT molecular complexity index is 1430. The van der Waals surface area contributed by atoms with Crippen LogP contribution < -0.4 is 9.64 Å². The van der Waals surface area contributed by atoms with Gasteiger partial charge < -0.3 is 29.3 Å². The lowest BCUT2D eigenvalue weighted by Gasteiger charge is -2.38. The molecule has 1 N–H and O–H groups in total. The van der Waals surface area contributed by atoms with Crippen molar-refractivity contribution < 1.29 is 29.0 Å². The Balaban J connectivity index is 1.43. The molecule has 0 saturated carbocycles. The maximum atomic E-state index is 14.6. The van der Waals surface area contributed by atoms with Crippen molar-refractivity contribution in [2.24, 2.45) is 11.8 Å². The standard InChI is InChI=1S/C34H39N3O6/c1-3-33-17-9-19-35(23-24-11-5-4-6-12-24)30(39)27(33)28-31(40)37(20-7-8-22-38)29-32(41)36(21-10-18-34(28,29)43-33)25-13-15-26(42-2)16-14-25/h4-6,9-18,27-29,38H,3,7-8,19-23H2,1-2H3/t27-,28+,29?,33+,34+/m1/s1. The lowest BCUT2D eigenvalue weighted by atomic mass is 9.73. The van der Waals surface area contributed by atoms with E-state index in [9.17, 15) is 19.5 Å². The number of ether oxygens (including phenoxy) is 2. The van der Waals surface area contributed by atoms with Crippen LogP contribution in [-0.4, -0.2) is 83.2 Å². The zero-order chi connectivity index (χ0) is 30.2. The highest BCUT2D eigenvalue weighted by Gasteiger charge is 2.75. The fourth-order valence-corrected chi connectivity index (χ4v) is 7.38. The highest BCUT2D eigenvalue weighted by molar-refractivity contribution is 6.06. The van der Waals surface area contributed by atoms with Gasteiger partial charge in [-0.2, -0.15) is 0 Å². The molecule has 0 radical (unpaired) electrons. The summed E-state index contributed by atoms with van der Waals surface area (Å²) in [4.78, 5) is 48.7. The summed E-state index contributed by atoms with van der Waals surface area (Å²) in [6.45, 7) is 3.37. The Labute approximate surface area is 252 Å². The predicted molar refractivity (Wildman–Crippen MR) is 161 cm³/mol. The third kappa shape index (κ3) is 4.75. The number of nitrogens with zero attached hydrogens (tertiary/aromatic N) is 3. The number of amides is 3. The number of carbonyl (C=O) groups is 3. The summed E-state index contributed by atoms with van der Waals surface area (Å²) in [6, 6.07) is 16.1. The second-order valence-corrected chi connectivity index (χ2v) is 11.7. The van der Waals surface area contributed by atoms with Gasteiger partial charge >= 0.3 is 0 Å². The maximum absolute atomic E-state index is 14.6. The fraction of sp³-hybridized carbons (Fsp3) is 0.441. The molecule has 1 spiro atoms. The number of hydrogen-bond acceptors (Lipinski definition) is 6. The molecule has 2 saturated heterocycles. The van der Waals surface area contributed by atoms with E-state index in [0.717, 1.165) is 5.56 Å². The molecule has 9 nitrogen and oxygen atoms in total. The van der Waals surface area contributed by atoms with Crippen LogP contribution in [0.5, 0.6) is 5.75 Å². The number of carbonyl (C=O) groups excluding carboxylic acids is 3. The summed E-state index contributed by atoms with van der Waals surface area (Å²) in [7, 11) is 1.59. The lowest BCUT2D eigenvalue weighted by molar-refractivity contribution is -0.150. The SMILES string of the molecule is CC[C@]12C=CCN(Cc3ccccc3)C(=O)[C@H]1[C@H]1C(=O)N(CCCCO)C3C(=O)N(c4ccc(OC)cc4)CC=C[C@@]31O2. The third-order valence-electron chi connectivity index (χ3n) is 9.43. The average Bonchev–Trinajstić information content (AvgIpc) is 3.32. The van der Waals surface area contributed by atoms with Crippen molar-refractivity contribution in [3.8, 4) is 5.75 Å². The Morgan fingerprint density at radius 3 is 2.35 bits per heavy atom. The summed E-state index contributed by atoms with van der Waals surface area (Å²) < 4.78 is 12.4. The highest BCUT2D eigenvalue weighted by Crippen LogP contribution is 2.58. The van der Waals surface area contributed by atoms with Crippen molar-refractivity contribution in [2.45, 2.75) is 50.0 Å². The van der Waals surface area contributed by atoms with Crippen LogP contribution >= 0.6 is 0 Å². The van der Waals surface area contributed by atoms with Crippen molar-refractivity contribution in [1.82, 2.24) is 9.80 Å². The monoisotopic (exact) mass is 585 g/mol.